The number of hydrogen-bond acceptors (Lipinski definition) is 3. The van der Waals surface area contributed by atoms with Gasteiger partial charge in [0.1, 0.15) is 11.7 Å². The first-order valence-electron chi connectivity index (χ1n) is 8.75. The average molecular weight is 382 g/mol. The normalized spacial score (nSPS) is 12.0. The molecule has 0 aliphatic carbocycles. The summed E-state index contributed by atoms with van der Waals surface area (Å²) < 4.78 is 1.94. The first-order chi connectivity index (χ1) is 13.1. The lowest BCUT2D eigenvalue weighted by Gasteiger charge is -2.16. The van der Waals surface area contributed by atoms with Gasteiger partial charge in [-0.25, -0.2) is 4.79 Å². The standard InChI is InChI=1S/C21H22N2O3S/c1-27-12-11-17(21(25)26)22-20(24)19-13-16-9-5-6-10-18(16)23(19)14-15-7-3-2-4-8-15/h2-10,13,17H,11-12,14H2,1H3,(H,22,24)(H,25,26). The minimum atomic E-state index is -1.01. The second-order valence-corrected chi connectivity index (χ2v) is 7.29. The second kappa shape index (κ2) is 8.77. The van der Waals surface area contributed by atoms with Crippen molar-refractivity contribution in [1.29, 1.82) is 0 Å². The lowest BCUT2D eigenvalue weighted by molar-refractivity contribution is -0.139. The molecule has 1 unspecified atom stereocenters. The van der Waals surface area contributed by atoms with Gasteiger partial charge >= 0.3 is 5.97 Å². The molecule has 2 N–H and O–H groups in total. The van der Waals surface area contributed by atoms with Crippen molar-refractivity contribution < 1.29 is 14.7 Å². The molecule has 1 amide bonds. The molecule has 3 aromatic rings. The van der Waals surface area contributed by atoms with Crippen LogP contribution in [0, 0.1) is 0 Å². The van der Waals surface area contributed by atoms with Gasteiger partial charge in [0, 0.05) is 17.4 Å². The van der Waals surface area contributed by atoms with Gasteiger partial charge in [0.15, 0.2) is 0 Å². The number of carbonyl (C=O) groups is 2. The number of amides is 1. The van der Waals surface area contributed by atoms with E-state index in [0.29, 0.717) is 24.4 Å². The van der Waals surface area contributed by atoms with Crippen molar-refractivity contribution in [2.45, 2.75) is 19.0 Å². The van der Waals surface area contributed by atoms with Gasteiger partial charge in [0.2, 0.25) is 0 Å². The van der Waals surface area contributed by atoms with E-state index in [1.54, 1.807) is 11.8 Å². The summed E-state index contributed by atoms with van der Waals surface area (Å²) in [6.45, 7) is 0.541. The highest BCUT2D eigenvalue weighted by Gasteiger charge is 2.23. The Morgan fingerprint density at radius 3 is 2.52 bits per heavy atom. The minimum Gasteiger partial charge on any atom is -0.480 e. The van der Waals surface area contributed by atoms with Crippen molar-refractivity contribution in [3.8, 4) is 0 Å². The Labute approximate surface area is 162 Å². The SMILES string of the molecule is CSCCC(NC(=O)c1cc2ccccc2n1Cc1ccccc1)C(=O)O. The van der Waals surface area contributed by atoms with Crippen LogP contribution < -0.4 is 5.32 Å². The molecule has 1 atom stereocenters. The zero-order valence-corrected chi connectivity index (χ0v) is 15.9. The fraction of sp³-hybridized carbons (Fsp3) is 0.238. The fourth-order valence-electron chi connectivity index (χ4n) is 3.06. The third-order valence-electron chi connectivity index (χ3n) is 4.44. The smallest absolute Gasteiger partial charge is 0.326 e. The van der Waals surface area contributed by atoms with Gasteiger partial charge in [-0.2, -0.15) is 11.8 Å². The molecule has 0 radical (unpaired) electrons. The predicted molar refractivity (Wildman–Crippen MR) is 109 cm³/mol. The molecule has 6 heteroatoms. The molecule has 0 aliphatic heterocycles. The number of nitrogens with one attached hydrogen (secondary N) is 1. The topological polar surface area (TPSA) is 71.3 Å². The van der Waals surface area contributed by atoms with Crippen molar-refractivity contribution in [3.63, 3.8) is 0 Å². The van der Waals surface area contributed by atoms with Gasteiger partial charge in [-0.05, 0) is 36.1 Å². The van der Waals surface area contributed by atoms with Crippen molar-refractivity contribution in [1.82, 2.24) is 9.88 Å². The number of hydrogen-bond donors (Lipinski definition) is 2. The first kappa shape index (κ1) is 19.0. The number of fused-ring (bicyclic) bond motifs is 1. The van der Waals surface area contributed by atoms with E-state index in [0.717, 1.165) is 16.5 Å². The predicted octanol–water partition coefficient (Wildman–Crippen LogP) is 3.63. The first-order valence-corrected chi connectivity index (χ1v) is 10.1. The van der Waals surface area contributed by atoms with Crippen LogP contribution in [0.4, 0.5) is 0 Å². The summed E-state index contributed by atoms with van der Waals surface area (Å²) in [6, 6.07) is 18.6. The molecule has 0 saturated heterocycles. The Bertz CT molecular complexity index is 937. The highest BCUT2D eigenvalue weighted by molar-refractivity contribution is 7.98. The summed E-state index contributed by atoms with van der Waals surface area (Å²) in [4.78, 5) is 24.4. The second-order valence-electron chi connectivity index (χ2n) is 6.31. The van der Waals surface area contributed by atoms with E-state index in [1.807, 2.05) is 71.5 Å². The number of aliphatic carboxylic acids is 1. The molecule has 5 nitrogen and oxygen atoms in total. The van der Waals surface area contributed by atoms with Gasteiger partial charge in [-0.1, -0.05) is 48.5 Å². The Morgan fingerprint density at radius 2 is 1.81 bits per heavy atom. The fourth-order valence-corrected chi connectivity index (χ4v) is 3.53. The van der Waals surface area contributed by atoms with Gasteiger partial charge in [-0.3, -0.25) is 4.79 Å². The number of thioether (sulfide) groups is 1. The molecule has 0 saturated carbocycles. The average Bonchev–Trinajstić information content (AvgIpc) is 3.04. The summed E-state index contributed by atoms with van der Waals surface area (Å²) in [7, 11) is 0. The van der Waals surface area contributed by atoms with Crippen LogP contribution >= 0.6 is 11.8 Å². The molecule has 1 aromatic heterocycles. The van der Waals surface area contributed by atoms with Crippen LogP contribution in [0.2, 0.25) is 0 Å². The molecule has 0 aliphatic rings. The van der Waals surface area contributed by atoms with Crippen LogP contribution in [0.15, 0.2) is 60.7 Å². The largest absolute Gasteiger partial charge is 0.480 e. The molecule has 0 bridgehead atoms. The van der Waals surface area contributed by atoms with Crippen molar-refractivity contribution in [3.05, 3.63) is 71.9 Å². The minimum absolute atomic E-state index is 0.365. The Morgan fingerprint density at radius 1 is 1.11 bits per heavy atom. The molecular weight excluding hydrogens is 360 g/mol. The zero-order chi connectivity index (χ0) is 19.2. The number of carbonyl (C=O) groups excluding carboxylic acids is 1. The van der Waals surface area contributed by atoms with E-state index in [-0.39, 0.29) is 5.91 Å². The van der Waals surface area contributed by atoms with Gasteiger partial charge < -0.3 is 15.0 Å². The third kappa shape index (κ3) is 4.52. The Balaban J connectivity index is 1.94. The maximum Gasteiger partial charge on any atom is 0.326 e. The number of nitrogens with zero attached hydrogens (tertiary/aromatic N) is 1. The molecule has 1 heterocycles. The number of para-hydroxylation sites is 1. The van der Waals surface area contributed by atoms with Crippen molar-refractivity contribution >= 4 is 34.5 Å². The van der Waals surface area contributed by atoms with E-state index < -0.39 is 12.0 Å². The lowest BCUT2D eigenvalue weighted by Crippen LogP contribution is -2.41. The summed E-state index contributed by atoms with van der Waals surface area (Å²) in [5, 5.41) is 13.0. The zero-order valence-electron chi connectivity index (χ0n) is 15.1. The van der Waals surface area contributed by atoms with Crippen LogP contribution in [0.3, 0.4) is 0 Å². The van der Waals surface area contributed by atoms with E-state index in [1.165, 1.54) is 0 Å². The Kier molecular flexibility index (Phi) is 6.19. The third-order valence-corrected chi connectivity index (χ3v) is 5.08. The van der Waals surface area contributed by atoms with Crippen molar-refractivity contribution in [2.24, 2.45) is 0 Å². The molecule has 27 heavy (non-hydrogen) atoms. The van der Waals surface area contributed by atoms with Crippen LogP contribution in [0.25, 0.3) is 10.9 Å². The van der Waals surface area contributed by atoms with Gasteiger partial charge in [0.05, 0.1) is 0 Å². The maximum absolute atomic E-state index is 12.9. The van der Waals surface area contributed by atoms with E-state index >= 15 is 0 Å². The van der Waals surface area contributed by atoms with E-state index in [2.05, 4.69) is 5.32 Å². The number of benzene rings is 2. The molecule has 2 aromatic carbocycles. The van der Waals surface area contributed by atoms with Crippen LogP contribution in [-0.4, -0.2) is 39.6 Å². The number of aromatic nitrogens is 1. The van der Waals surface area contributed by atoms with Crippen molar-refractivity contribution in [2.75, 3.05) is 12.0 Å². The van der Waals surface area contributed by atoms with Crippen LogP contribution in [-0.2, 0) is 11.3 Å². The van der Waals surface area contributed by atoms with E-state index in [4.69, 9.17) is 0 Å². The molecule has 0 fully saturated rings. The maximum atomic E-state index is 12.9. The molecular formula is C21H22N2O3S. The summed E-state index contributed by atoms with van der Waals surface area (Å²) in [5.41, 5.74) is 2.49. The quantitative estimate of drug-likeness (QED) is 0.624. The Hall–Kier alpha value is -2.73. The number of rotatable bonds is 8. The highest BCUT2D eigenvalue weighted by atomic mass is 32.2. The molecule has 3 rings (SSSR count). The number of carboxylic acid groups (broad SMARTS) is 1. The monoisotopic (exact) mass is 382 g/mol. The lowest BCUT2D eigenvalue weighted by atomic mass is 10.2. The summed E-state index contributed by atoms with van der Waals surface area (Å²) >= 11 is 1.56. The van der Waals surface area contributed by atoms with Crippen LogP contribution in [0.1, 0.15) is 22.5 Å². The molecule has 0 spiro atoms. The number of carboxylic acids is 1. The highest BCUT2D eigenvalue weighted by Crippen LogP contribution is 2.21. The summed E-state index contributed by atoms with van der Waals surface area (Å²) in [5.74, 6) is -0.705. The van der Waals surface area contributed by atoms with E-state index in [9.17, 15) is 14.7 Å². The van der Waals surface area contributed by atoms with Gasteiger partial charge in [0.25, 0.3) is 5.91 Å². The molecule has 140 valence electrons. The van der Waals surface area contributed by atoms with Gasteiger partial charge in [-0.15, -0.1) is 0 Å². The summed E-state index contributed by atoms with van der Waals surface area (Å²) in [6.07, 6.45) is 2.31. The van der Waals surface area contributed by atoms with Crippen LogP contribution in [0.5, 0.6) is 0 Å².